The molecule has 9 nitrogen and oxygen atoms in total. The molecule has 3 aromatic rings. The summed E-state index contributed by atoms with van der Waals surface area (Å²) in [7, 11) is 0. The zero-order valence-electron chi connectivity index (χ0n) is 20.2. The van der Waals surface area contributed by atoms with Crippen molar-refractivity contribution in [3.8, 4) is 11.5 Å². The Bertz CT molecular complexity index is 1210. The number of nitrogens with zero attached hydrogens (tertiary/aromatic N) is 5. The summed E-state index contributed by atoms with van der Waals surface area (Å²) in [6.45, 7) is 10.6. The Labute approximate surface area is 206 Å². The molecule has 0 spiro atoms. The molecule has 2 aromatic heterocycles. The van der Waals surface area contributed by atoms with Crippen molar-refractivity contribution < 1.29 is 14.3 Å². The molecule has 35 heavy (non-hydrogen) atoms. The van der Waals surface area contributed by atoms with Crippen LogP contribution >= 0.6 is 0 Å². The fraction of sp³-hybridized carbons (Fsp3) is 0.423. The maximum Gasteiger partial charge on any atom is 0.410 e. The molecule has 4 rings (SSSR count). The van der Waals surface area contributed by atoms with Crippen LogP contribution in [0, 0.1) is 0 Å². The monoisotopic (exact) mass is 478 g/mol. The van der Waals surface area contributed by atoms with Crippen LogP contribution in [0.2, 0.25) is 0 Å². The average molecular weight is 479 g/mol. The van der Waals surface area contributed by atoms with Gasteiger partial charge in [-0.05, 0) is 76.4 Å². The minimum absolute atomic E-state index is 0. The molecule has 0 aliphatic carbocycles. The lowest BCUT2D eigenvalue weighted by atomic mass is 9.97. The molecule has 1 aliphatic rings. The van der Waals surface area contributed by atoms with E-state index in [9.17, 15) is 9.59 Å². The van der Waals surface area contributed by atoms with Gasteiger partial charge in [-0.15, -0.1) is 10.2 Å². The predicted octanol–water partition coefficient (Wildman–Crippen LogP) is 5.10. The summed E-state index contributed by atoms with van der Waals surface area (Å²) in [5.41, 5.74) is 2.65. The molecule has 0 saturated heterocycles. The largest absolute Gasteiger partial charge is 0.444 e. The van der Waals surface area contributed by atoms with Crippen LogP contribution in [0.3, 0.4) is 0 Å². The third-order valence-electron chi connectivity index (χ3n) is 5.48. The summed E-state index contributed by atoms with van der Waals surface area (Å²) in [4.78, 5) is 31.7. The second kappa shape index (κ2) is 10.2. The molecule has 0 fully saturated rings. The quantitative estimate of drug-likeness (QED) is 0.559. The van der Waals surface area contributed by atoms with Gasteiger partial charge in [0.2, 0.25) is 0 Å². The first-order chi connectivity index (χ1) is 16.1. The van der Waals surface area contributed by atoms with Crippen LogP contribution in [0.4, 0.5) is 10.6 Å². The molecular formula is C26H34N6O3. The summed E-state index contributed by atoms with van der Waals surface area (Å²) >= 11 is 0. The maximum absolute atomic E-state index is 13.0. The smallest absolute Gasteiger partial charge is 0.410 e. The summed E-state index contributed by atoms with van der Waals surface area (Å²) < 4.78 is 7.43. The van der Waals surface area contributed by atoms with E-state index >= 15 is 0 Å². The Morgan fingerprint density at radius 2 is 1.89 bits per heavy atom. The molecule has 1 aliphatic heterocycles. The topological polar surface area (TPSA) is 102 Å². The first kappa shape index (κ1) is 25.9. The van der Waals surface area contributed by atoms with Crippen LogP contribution in [0.15, 0.2) is 42.7 Å². The molecule has 0 atom stereocenters. The zero-order valence-corrected chi connectivity index (χ0v) is 20.2. The fourth-order valence-electron chi connectivity index (χ4n) is 3.80. The fourth-order valence-corrected chi connectivity index (χ4v) is 3.80. The minimum atomic E-state index is -0.553. The number of ether oxygens (including phenoxy) is 1. The molecule has 0 unspecified atom stereocenters. The molecule has 0 saturated carbocycles. The Morgan fingerprint density at radius 1 is 1.11 bits per heavy atom. The standard InChI is InChI=1S/C25H30N6O3.CH4/c1-16(2)31-15-26-29-22(31)20-7-6-8-21(27-20)28-23(32)18-10-9-17-11-12-30(14-19(17)13-18)24(33)34-25(3,4)5;/h6-10,13,15-16H,11-12,14H2,1-5H3,(H,27,28,32);1H4. The zero-order chi connectivity index (χ0) is 24.5. The number of rotatable bonds is 4. The van der Waals surface area contributed by atoms with Crippen LogP contribution in [0.1, 0.15) is 69.6 Å². The SMILES string of the molecule is C.CC(C)n1cnnc1-c1cccc(NC(=O)c2ccc3c(c2)CN(C(=O)OC(C)(C)C)CC3)n1. The van der Waals surface area contributed by atoms with Crippen molar-refractivity contribution in [1.29, 1.82) is 0 Å². The van der Waals surface area contributed by atoms with E-state index in [1.807, 2.05) is 63.5 Å². The average Bonchev–Trinajstić information content (AvgIpc) is 3.28. The predicted molar refractivity (Wildman–Crippen MR) is 135 cm³/mol. The molecule has 3 heterocycles. The number of fused-ring (bicyclic) bond motifs is 1. The van der Waals surface area contributed by atoms with Crippen LogP contribution < -0.4 is 5.32 Å². The van der Waals surface area contributed by atoms with Gasteiger partial charge in [-0.3, -0.25) is 4.79 Å². The third-order valence-corrected chi connectivity index (χ3v) is 5.48. The highest BCUT2D eigenvalue weighted by molar-refractivity contribution is 6.04. The first-order valence-corrected chi connectivity index (χ1v) is 11.4. The van der Waals surface area contributed by atoms with Gasteiger partial charge in [0.15, 0.2) is 5.82 Å². The number of carbonyl (C=O) groups is 2. The number of amides is 2. The number of hydrogen-bond acceptors (Lipinski definition) is 6. The van der Waals surface area contributed by atoms with Gasteiger partial charge >= 0.3 is 6.09 Å². The Kier molecular flexibility index (Phi) is 7.57. The minimum Gasteiger partial charge on any atom is -0.444 e. The van der Waals surface area contributed by atoms with Gasteiger partial charge in [0.05, 0.1) is 0 Å². The highest BCUT2D eigenvalue weighted by Gasteiger charge is 2.26. The van der Waals surface area contributed by atoms with Gasteiger partial charge in [0.1, 0.15) is 23.4 Å². The van der Waals surface area contributed by atoms with Crippen LogP contribution in [-0.2, 0) is 17.7 Å². The molecule has 9 heteroatoms. The maximum atomic E-state index is 13.0. The Morgan fingerprint density at radius 3 is 2.60 bits per heavy atom. The number of benzene rings is 1. The van der Waals surface area contributed by atoms with Gasteiger partial charge < -0.3 is 19.5 Å². The molecule has 1 aromatic carbocycles. The van der Waals surface area contributed by atoms with Crippen LogP contribution in [0.5, 0.6) is 0 Å². The van der Waals surface area contributed by atoms with Crippen molar-refractivity contribution in [1.82, 2.24) is 24.6 Å². The van der Waals surface area contributed by atoms with Crippen molar-refractivity contribution in [3.05, 3.63) is 59.4 Å². The van der Waals surface area contributed by atoms with Gasteiger partial charge in [-0.2, -0.15) is 0 Å². The lowest BCUT2D eigenvalue weighted by Crippen LogP contribution is -2.40. The van der Waals surface area contributed by atoms with Gasteiger partial charge in [-0.1, -0.05) is 19.6 Å². The van der Waals surface area contributed by atoms with Crippen LogP contribution in [-0.4, -0.2) is 48.8 Å². The number of carbonyl (C=O) groups excluding carboxylic acids is 2. The van der Waals surface area contributed by atoms with Crippen molar-refractivity contribution in [2.45, 2.75) is 66.7 Å². The van der Waals surface area contributed by atoms with E-state index < -0.39 is 5.60 Å². The number of aromatic nitrogens is 4. The lowest BCUT2D eigenvalue weighted by molar-refractivity contribution is 0.0224. The van der Waals surface area contributed by atoms with E-state index in [0.29, 0.717) is 36.0 Å². The van der Waals surface area contributed by atoms with Gasteiger partial charge in [-0.25, -0.2) is 9.78 Å². The molecule has 2 amide bonds. The number of nitrogens with one attached hydrogen (secondary N) is 1. The summed E-state index contributed by atoms with van der Waals surface area (Å²) in [5.74, 6) is 0.795. The molecule has 0 bridgehead atoms. The van der Waals surface area contributed by atoms with E-state index in [1.54, 1.807) is 23.4 Å². The molecule has 0 radical (unpaired) electrons. The second-order valence-electron chi connectivity index (χ2n) is 9.65. The van der Waals surface area contributed by atoms with Gasteiger partial charge in [0, 0.05) is 24.7 Å². The van der Waals surface area contributed by atoms with E-state index in [2.05, 4.69) is 20.5 Å². The lowest BCUT2D eigenvalue weighted by Gasteiger charge is -2.31. The van der Waals surface area contributed by atoms with Crippen LogP contribution in [0.25, 0.3) is 11.5 Å². The van der Waals surface area contributed by atoms with E-state index in [-0.39, 0.29) is 25.5 Å². The van der Waals surface area contributed by atoms with E-state index in [1.165, 1.54) is 0 Å². The Balaban J connectivity index is 0.00000342. The number of hydrogen-bond donors (Lipinski definition) is 1. The van der Waals surface area contributed by atoms with Crippen molar-refractivity contribution in [2.75, 3.05) is 11.9 Å². The summed E-state index contributed by atoms with van der Waals surface area (Å²) in [6.07, 6.45) is 2.04. The van der Waals surface area contributed by atoms with E-state index in [0.717, 1.165) is 17.5 Å². The normalized spacial score (nSPS) is 13.1. The molecular weight excluding hydrogens is 444 g/mol. The second-order valence-corrected chi connectivity index (χ2v) is 9.65. The number of anilines is 1. The highest BCUT2D eigenvalue weighted by atomic mass is 16.6. The summed E-state index contributed by atoms with van der Waals surface area (Å²) in [5, 5.41) is 11.0. The summed E-state index contributed by atoms with van der Waals surface area (Å²) in [6, 6.07) is 11.2. The number of pyridine rings is 1. The van der Waals surface area contributed by atoms with E-state index in [4.69, 9.17) is 4.74 Å². The third kappa shape index (κ3) is 6.03. The van der Waals surface area contributed by atoms with Gasteiger partial charge in [0.25, 0.3) is 5.91 Å². The first-order valence-electron chi connectivity index (χ1n) is 11.4. The molecule has 186 valence electrons. The molecule has 1 N–H and O–H groups in total. The Hall–Kier alpha value is -3.75. The van der Waals surface area contributed by atoms with Crippen molar-refractivity contribution >= 4 is 17.8 Å². The highest BCUT2D eigenvalue weighted by Crippen LogP contribution is 2.24. The van der Waals surface area contributed by atoms with Crippen molar-refractivity contribution in [2.24, 2.45) is 0 Å². The van der Waals surface area contributed by atoms with Crippen molar-refractivity contribution in [3.63, 3.8) is 0 Å².